The van der Waals surface area contributed by atoms with Gasteiger partial charge in [-0.2, -0.15) is 0 Å². The number of benzene rings is 2. The van der Waals surface area contributed by atoms with Gasteiger partial charge in [-0.05, 0) is 0 Å². The predicted octanol–water partition coefficient (Wildman–Crippen LogP) is 2.60. The first-order chi connectivity index (χ1) is 6.29. The molecule has 0 spiro atoms. The van der Waals surface area contributed by atoms with Crippen LogP contribution in [0, 0.1) is 0 Å². The van der Waals surface area contributed by atoms with Crippen molar-refractivity contribution in [1.82, 2.24) is 0 Å². The van der Waals surface area contributed by atoms with E-state index in [4.69, 9.17) is 4.74 Å². The SMILES string of the molecule is Br.COc1ccc2c[c]([Cd])ccc2c1. The molecule has 0 saturated heterocycles. The van der Waals surface area contributed by atoms with Gasteiger partial charge >= 0.3 is 93.7 Å². The number of hydrogen-bond acceptors (Lipinski definition) is 1. The summed E-state index contributed by atoms with van der Waals surface area (Å²) < 4.78 is 6.62. The minimum absolute atomic E-state index is 0. The van der Waals surface area contributed by atoms with E-state index in [1.165, 1.54) is 13.9 Å². The van der Waals surface area contributed by atoms with Crippen LogP contribution in [0.2, 0.25) is 0 Å². The van der Waals surface area contributed by atoms with E-state index in [1.54, 1.807) is 7.11 Å². The van der Waals surface area contributed by atoms with Crippen LogP contribution in [-0.4, -0.2) is 7.11 Å². The Balaban J connectivity index is 0.000000980. The van der Waals surface area contributed by atoms with E-state index in [0.717, 1.165) is 31.5 Å². The third-order valence-electron chi connectivity index (χ3n) is 2.11. The van der Waals surface area contributed by atoms with Crippen LogP contribution in [0.3, 0.4) is 0 Å². The second kappa shape index (κ2) is 5.12. The number of rotatable bonds is 1. The molecule has 14 heavy (non-hydrogen) atoms. The zero-order valence-corrected chi connectivity index (χ0v) is 13.7. The molecule has 2 aromatic rings. The summed E-state index contributed by atoms with van der Waals surface area (Å²) in [7, 11) is 1.70. The van der Waals surface area contributed by atoms with E-state index < -0.39 is 0 Å². The van der Waals surface area contributed by atoms with Crippen LogP contribution in [-0.2, 0) is 25.8 Å². The maximum atomic E-state index is 5.16. The summed E-state index contributed by atoms with van der Waals surface area (Å²) in [5.41, 5.74) is 0. The van der Waals surface area contributed by atoms with Gasteiger partial charge in [0.2, 0.25) is 0 Å². The fourth-order valence-electron chi connectivity index (χ4n) is 1.40. The fraction of sp³-hybridized carbons (Fsp3) is 0.0909. The van der Waals surface area contributed by atoms with Crippen LogP contribution < -0.4 is 7.86 Å². The van der Waals surface area contributed by atoms with Crippen molar-refractivity contribution in [2.45, 2.75) is 0 Å². The molecule has 0 aliphatic rings. The van der Waals surface area contributed by atoms with Gasteiger partial charge in [0, 0.05) is 0 Å². The van der Waals surface area contributed by atoms with Gasteiger partial charge in [-0.1, -0.05) is 0 Å². The first-order valence-electron chi connectivity index (χ1n) is 4.19. The molecule has 2 rings (SSSR count). The molecular formula is C11H10BrCdO. The van der Waals surface area contributed by atoms with Gasteiger partial charge in [0.25, 0.3) is 0 Å². The Morgan fingerprint density at radius 3 is 2.36 bits per heavy atom. The Morgan fingerprint density at radius 1 is 1.00 bits per heavy atom. The van der Waals surface area contributed by atoms with Crippen molar-refractivity contribution < 1.29 is 30.5 Å². The van der Waals surface area contributed by atoms with E-state index in [2.05, 4.69) is 30.3 Å². The van der Waals surface area contributed by atoms with E-state index >= 15 is 0 Å². The van der Waals surface area contributed by atoms with Gasteiger partial charge < -0.3 is 0 Å². The zero-order chi connectivity index (χ0) is 9.26. The van der Waals surface area contributed by atoms with Crippen molar-refractivity contribution in [3.05, 3.63) is 36.4 Å². The van der Waals surface area contributed by atoms with Crippen molar-refractivity contribution in [3.8, 4) is 5.75 Å². The molecule has 0 saturated carbocycles. The Labute approximate surface area is 110 Å². The van der Waals surface area contributed by atoms with E-state index in [0.29, 0.717) is 0 Å². The second-order valence-electron chi connectivity index (χ2n) is 3.05. The summed E-state index contributed by atoms with van der Waals surface area (Å²) in [4.78, 5) is 0. The molecule has 2 aromatic carbocycles. The summed E-state index contributed by atoms with van der Waals surface area (Å²) >= 11 is 0.890. The van der Waals surface area contributed by atoms with Crippen LogP contribution in [0.25, 0.3) is 10.8 Å². The van der Waals surface area contributed by atoms with Crippen LogP contribution in [0.4, 0.5) is 0 Å². The molecule has 0 atom stereocenters. The minimum atomic E-state index is 0. The quantitative estimate of drug-likeness (QED) is 0.719. The zero-order valence-electron chi connectivity index (χ0n) is 7.99. The van der Waals surface area contributed by atoms with Gasteiger partial charge in [-0.25, -0.2) is 0 Å². The van der Waals surface area contributed by atoms with Crippen LogP contribution in [0.15, 0.2) is 36.4 Å². The van der Waals surface area contributed by atoms with Gasteiger partial charge in [0.05, 0.1) is 0 Å². The molecule has 0 aromatic heterocycles. The van der Waals surface area contributed by atoms with Gasteiger partial charge in [-0.15, -0.1) is 17.0 Å². The average molecular weight is 351 g/mol. The Hall–Kier alpha value is -0.0979. The maximum absolute atomic E-state index is 5.16. The van der Waals surface area contributed by atoms with E-state index in [-0.39, 0.29) is 17.0 Å². The standard InChI is InChI=1S/C11H9O.BrH.Cd/c1-12-11-7-6-9-4-2-3-5-10(9)8-11;;/h3-8H,1H3;1H;. The molecule has 0 heterocycles. The Bertz CT molecular complexity index is 442. The molecule has 0 radical (unpaired) electrons. The Morgan fingerprint density at radius 2 is 1.64 bits per heavy atom. The van der Waals surface area contributed by atoms with E-state index in [1.807, 2.05) is 6.07 Å². The molecule has 0 N–H and O–H groups in total. The summed E-state index contributed by atoms with van der Waals surface area (Å²) in [6.07, 6.45) is 0. The molecule has 0 aliphatic heterocycles. The molecular weight excluding hydrogens is 340 g/mol. The number of halogens is 1. The molecule has 0 bridgehead atoms. The van der Waals surface area contributed by atoms with Crippen molar-refractivity contribution in [2.75, 3.05) is 7.11 Å². The average Bonchev–Trinajstić information content (AvgIpc) is 2.17. The first kappa shape index (κ1) is 12.0. The van der Waals surface area contributed by atoms with Crippen LogP contribution in [0.1, 0.15) is 0 Å². The summed E-state index contributed by atoms with van der Waals surface area (Å²) in [5.74, 6) is 0.927. The topological polar surface area (TPSA) is 9.23 Å². The summed E-state index contributed by atoms with van der Waals surface area (Å²) in [6, 6.07) is 12.8. The summed E-state index contributed by atoms with van der Waals surface area (Å²) in [5, 5.41) is 2.56. The number of hydrogen-bond donors (Lipinski definition) is 0. The number of fused-ring (bicyclic) bond motifs is 1. The normalized spacial score (nSPS) is 9.64. The van der Waals surface area contributed by atoms with Crippen molar-refractivity contribution in [2.24, 2.45) is 0 Å². The molecule has 0 aliphatic carbocycles. The molecule has 0 amide bonds. The molecule has 1 nitrogen and oxygen atoms in total. The van der Waals surface area contributed by atoms with Gasteiger partial charge in [-0.3, -0.25) is 0 Å². The van der Waals surface area contributed by atoms with Crippen LogP contribution in [0.5, 0.6) is 5.75 Å². The molecule has 69 valence electrons. The van der Waals surface area contributed by atoms with Gasteiger partial charge in [0.15, 0.2) is 0 Å². The third-order valence-corrected chi connectivity index (χ3v) is 3.37. The second-order valence-corrected chi connectivity index (χ2v) is 5.38. The van der Waals surface area contributed by atoms with Crippen molar-refractivity contribution in [3.63, 3.8) is 0 Å². The Kier molecular flexibility index (Phi) is 4.38. The third kappa shape index (κ3) is 2.48. The van der Waals surface area contributed by atoms with Crippen molar-refractivity contribution >= 4 is 30.9 Å². The van der Waals surface area contributed by atoms with E-state index in [9.17, 15) is 0 Å². The number of ether oxygens (including phenoxy) is 1. The summed E-state index contributed by atoms with van der Waals surface area (Å²) in [6.45, 7) is 0. The fourth-order valence-corrected chi connectivity index (χ4v) is 2.36. The predicted molar refractivity (Wildman–Crippen MR) is 60.5 cm³/mol. The molecule has 0 unspecified atom stereocenters. The van der Waals surface area contributed by atoms with Gasteiger partial charge in [0.1, 0.15) is 0 Å². The molecule has 0 fully saturated rings. The monoisotopic (exact) mass is 351 g/mol. The molecule has 3 heteroatoms. The van der Waals surface area contributed by atoms with Crippen molar-refractivity contribution in [1.29, 1.82) is 0 Å². The first-order valence-corrected chi connectivity index (χ1v) is 6.21. The number of methoxy groups -OCH3 is 1. The van der Waals surface area contributed by atoms with Crippen LogP contribution >= 0.6 is 17.0 Å².